The van der Waals surface area contributed by atoms with Gasteiger partial charge < -0.3 is 18.9 Å². The minimum atomic E-state index is -0.239. The van der Waals surface area contributed by atoms with Gasteiger partial charge >= 0.3 is 5.97 Å². The fourth-order valence-corrected chi connectivity index (χ4v) is 4.07. The molecule has 1 aliphatic rings. The van der Waals surface area contributed by atoms with E-state index in [0.29, 0.717) is 37.7 Å². The van der Waals surface area contributed by atoms with E-state index in [0.717, 1.165) is 36.1 Å². The maximum Gasteiger partial charge on any atom is 0.310 e. The van der Waals surface area contributed by atoms with Crippen molar-refractivity contribution < 1.29 is 19.1 Å². The van der Waals surface area contributed by atoms with Crippen molar-refractivity contribution >= 4 is 35.2 Å². The molecule has 0 N–H and O–H groups in total. The molecule has 1 amide bonds. The number of rotatable bonds is 9. The minimum Gasteiger partial charge on any atom is -0.469 e. The number of methoxy groups -OCH3 is 1. The maximum absolute atomic E-state index is 13.0. The third-order valence-corrected chi connectivity index (χ3v) is 5.79. The second-order valence-corrected chi connectivity index (χ2v) is 9.35. The highest BCUT2D eigenvalue weighted by Crippen LogP contribution is 2.22. The molecule has 1 aliphatic heterocycles. The van der Waals surface area contributed by atoms with Gasteiger partial charge in [-0.25, -0.2) is 0 Å². The van der Waals surface area contributed by atoms with E-state index < -0.39 is 0 Å². The lowest BCUT2D eigenvalue weighted by Crippen LogP contribution is -2.30. The summed E-state index contributed by atoms with van der Waals surface area (Å²) in [4.78, 5) is 26.5. The number of likely N-dealkylation sites (tertiary alicyclic amines) is 1. The first-order valence-corrected chi connectivity index (χ1v) is 13.2. The number of aryl methyl sites for hydroxylation is 1. The van der Waals surface area contributed by atoms with Crippen molar-refractivity contribution in [3.05, 3.63) is 58.4 Å². The summed E-state index contributed by atoms with van der Waals surface area (Å²) in [5.41, 5.74) is 2.81. The number of ether oxygens (including phenoxy) is 2. The molecule has 6 nitrogen and oxygen atoms in total. The molecule has 1 atom stereocenters. The summed E-state index contributed by atoms with van der Waals surface area (Å²) in [6.45, 7) is 2.22. The summed E-state index contributed by atoms with van der Waals surface area (Å²) in [6.07, 6.45) is 9.31. The number of amides is 1. The SMILES string of the molecule is COC(=O)[C@H]1CCN(C(=O)c2ccn(C)c2CCCCOCc2cccc(Cl)c2)C1.CSC. The van der Waals surface area contributed by atoms with Crippen LogP contribution in [0.1, 0.15) is 40.9 Å². The van der Waals surface area contributed by atoms with Crippen LogP contribution in [0.3, 0.4) is 0 Å². The molecule has 33 heavy (non-hydrogen) atoms. The van der Waals surface area contributed by atoms with Crippen LogP contribution in [0.15, 0.2) is 36.5 Å². The van der Waals surface area contributed by atoms with E-state index in [1.807, 2.05) is 60.7 Å². The fraction of sp³-hybridized carbons (Fsp3) is 0.520. The molecule has 0 spiro atoms. The fourth-order valence-electron chi connectivity index (χ4n) is 3.86. The van der Waals surface area contributed by atoms with Gasteiger partial charge in [0.2, 0.25) is 0 Å². The molecule has 0 saturated carbocycles. The van der Waals surface area contributed by atoms with E-state index in [9.17, 15) is 9.59 Å². The zero-order valence-electron chi connectivity index (χ0n) is 20.0. The molecule has 0 bridgehead atoms. The molecule has 1 saturated heterocycles. The average Bonchev–Trinajstić information content (AvgIpc) is 3.43. The van der Waals surface area contributed by atoms with Gasteiger partial charge in [-0.15, -0.1) is 0 Å². The number of halogens is 1. The minimum absolute atomic E-state index is 0.00536. The van der Waals surface area contributed by atoms with Gasteiger partial charge in [-0.05, 0) is 62.0 Å². The van der Waals surface area contributed by atoms with Gasteiger partial charge in [0.05, 0.1) is 25.2 Å². The summed E-state index contributed by atoms with van der Waals surface area (Å²) in [5, 5.41) is 0.716. The second-order valence-electron chi connectivity index (χ2n) is 8.09. The van der Waals surface area contributed by atoms with Crippen molar-refractivity contribution in [3.63, 3.8) is 0 Å². The van der Waals surface area contributed by atoms with Crippen LogP contribution in [-0.2, 0) is 34.3 Å². The number of unbranched alkanes of at least 4 members (excludes halogenated alkanes) is 1. The van der Waals surface area contributed by atoms with Crippen molar-refractivity contribution in [1.29, 1.82) is 0 Å². The first kappa shape index (κ1) is 27.3. The number of carbonyl (C=O) groups excluding carboxylic acids is 2. The predicted octanol–water partition coefficient (Wildman–Crippen LogP) is 4.83. The zero-order valence-corrected chi connectivity index (χ0v) is 21.6. The highest BCUT2D eigenvalue weighted by atomic mass is 35.5. The van der Waals surface area contributed by atoms with Crippen LogP contribution >= 0.6 is 23.4 Å². The van der Waals surface area contributed by atoms with E-state index in [4.69, 9.17) is 21.1 Å². The van der Waals surface area contributed by atoms with Crippen LogP contribution in [0.5, 0.6) is 0 Å². The van der Waals surface area contributed by atoms with E-state index >= 15 is 0 Å². The molecule has 0 unspecified atom stereocenters. The quantitative estimate of drug-likeness (QED) is 0.369. The Bertz CT molecular complexity index is 902. The number of esters is 1. The van der Waals surface area contributed by atoms with E-state index in [1.165, 1.54) is 7.11 Å². The van der Waals surface area contributed by atoms with Crippen molar-refractivity contribution in [2.75, 3.05) is 39.3 Å². The van der Waals surface area contributed by atoms with Gasteiger partial charge in [0.25, 0.3) is 5.91 Å². The highest BCUT2D eigenvalue weighted by Gasteiger charge is 2.33. The van der Waals surface area contributed by atoms with Crippen LogP contribution in [0.2, 0.25) is 5.02 Å². The molecule has 1 aromatic carbocycles. The molecular weight excluding hydrogens is 460 g/mol. The summed E-state index contributed by atoms with van der Waals surface area (Å²) < 4.78 is 12.6. The second kappa shape index (κ2) is 14.3. The molecule has 1 aromatic heterocycles. The van der Waals surface area contributed by atoms with E-state index in [1.54, 1.807) is 16.7 Å². The van der Waals surface area contributed by atoms with Gasteiger partial charge in [0.15, 0.2) is 0 Å². The van der Waals surface area contributed by atoms with Crippen LogP contribution in [0.25, 0.3) is 0 Å². The molecular formula is C25H35ClN2O4S. The standard InChI is InChI=1S/C23H29ClN2O4.C2H6S/c1-25-11-10-20(22(27)26-12-9-18(15-26)23(28)29-2)21(25)8-3-4-13-30-16-17-6-5-7-19(24)14-17;1-3-2/h5-7,10-11,14,18H,3-4,8-9,12-13,15-16H2,1-2H3;1-2H3/t18-;/m0./s1. The Morgan fingerprint density at radius 1 is 1.21 bits per heavy atom. The number of benzene rings is 1. The van der Waals surface area contributed by atoms with Gasteiger partial charge in [0, 0.05) is 43.7 Å². The first-order valence-electron chi connectivity index (χ1n) is 11.1. The largest absolute Gasteiger partial charge is 0.469 e. The third-order valence-electron chi connectivity index (χ3n) is 5.55. The molecule has 2 aromatic rings. The molecule has 1 fully saturated rings. The average molecular weight is 495 g/mol. The number of hydrogen-bond acceptors (Lipinski definition) is 5. The Balaban J connectivity index is 0.00000122. The van der Waals surface area contributed by atoms with Crippen LogP contribution in [-0.4, -0.2) is 60.7 Å². The van der Waals surface area contributed by atoms with Crippen LogP contribution in [0.4, 0.5) is 0 Å². The van der Waals surface area contributed by atoms with Crippen LogP contribution in [0, 0.1) is 5.92 Å². The Labute approximate surface area is 206 Å². The molecule has 8 heteroatoms. The summed E-state index contributed by atoms with van der Waals surface area (Å²) in [7, 11) is 3.35. The first-order chi connectivity index (χ1) is 15.9. The Morgan fingerprint density at radius 3 is 2.67 bits per heavy atom. The molecule has 0 radical (unpaired) electrons. The van der Waals surface area contributed by atoms with Gasteiger partial charge in [0.1, 0.15) is 0 Å². The molecule has 3 rings (SSSR count). The van der Waals surface area contributed by atoms with Gasteiger partial charge in [-0.2, -0.15) is 11.8 Å². The number of thioether (sulfide) groups is 1. The maximum atomic E-state index is 13.0. The molecule has 0 aliphatic carbocycles. The van der Waals surface area contributed by atoms with Gasteiger partial charge in [-0.1, -0.05) is 23.7 Å². The number of carbonyl (C=O) groups is 2. The van der Waals surface area contributed by atoms with Crippen LogP contribution < -0.4 is 0 Å². The van der Waals surface area contributed by atoms with Crippen molar-refractivity contribution in [3.8, 4) is 0 Å². The predicted molar refractivity (Wildman–Crippen MR) is 135 cm³/mol. The van der Waals surface area contributed by atoms with E-state index in [-0.39, 0.29) is 17.8 Å². The Hall–Kier alpha value is -1.96. The summed E-state index contributed by atoms with van der Waals surface area (Å²) >= 11 is 7.74. The van der Waals surface area contributed by atoms with Crippen molar-refractivity contribution in [2.45, 2.75) is 32.3 Å². The highest BCUT2D eigenvalue weighted by molar-refractivity contribution is 7.97. The number of hydrogen-bond donors (Lipinski definition) is 0. The van der Waals surface area contributed by atoms with Crippen molar-refractivity contribution in [1.82, 2.24) is 9.47 Å². The Morgan fingerprint density at radius 2 is 1.97 bits per heavy atom. The lowest BCUT2D eigenvalue weighted by molar-refractivity contribution is -0.144. The Kier molecular flexibility index (Phi) is 11.9. The third kappa shape index (κ3) is 8.40. The lowest BCUT2D eigenvalue weighted by atomic mass is 10.1. The van der Waals surface area contributed by atoms with Crippen molar-refractivity contribution in [2.24, 2.45) is 13.0 Å². The summed E-state index contributed by atoms with van der Waals surface area (Å²) in [5.74, 6) is -0.465. The summed E-state index contributed by atoms with van der Waals surface area (Å²) in [6, 6.07) is 9.55. The topological polar surface area (TPSA) is 60.8 Å². The lowest BCUT2D eigenvalue weighted by Gasteiger charge is -2.17. The zero-order chi connectivity index (χ0) is 24.2. The number of nitrogens with zero attached hydrogens (tertiary/aromatic N) is 2. The normalized spacial score (nSPS) is 15.2. The number of aromatic nitrogens is 1. The molecule has 182 valence electrons. The monoisotopic (exact) mass is 494 g/mol. The van der Waals surface area contributed by atoms with Gasteiger partial charge in [-0.3, -0.25) is 9.59 Å². The molecule has 2 heterocycles. The smallest absolute Gasteiger partial charge is 0.310 e. The van der Waals surface area contributed by atoms with E-state index in [2.05, 4.69) is 0 Å².